The number of aromatic hydroxyl groups is 1. The lowest BCUT2D eigenvalue weighted by Crippen LogP contribution is -2.07. The number of phenols is 1. The number of aromatic nitrogens is 4. The standard InChI is InChI=1S/C33H34N4O4/c1-3-12-25-29(17-10-18-30(25)41-31-16-9-8-15-26(31)33-34-36-37-35-33)39-19-11-20-40-32-22-28(38)27(21-23(32)4-2)24-13-6-5-7-14-24/h5-10,13-18,21-22,38H,3-4,11-12,19-20H2,1-2H3,(H,34,35,36,37). The van der Waals surface area contributed by atoms with Crippen molar-refractivity contribution in [1.29, 1.82) is 0 Å². The van der Waals surface area contributed by atoms with Gasteiger partial charge in [0, 0.05) is 23.6 Å². The summed E-state index contributed by atoms with van der Waals surface area (Å²) in [4.78, 5) is 0. The fraction of sp³-hybridized carbons (Fsp3) is 0.242. The van der Waals surface area contributed by atoms with Crippen molar-refractivity contribution in [2.75, 3.05) is 13.2 Å². The number of tetrazole rings is 1. The zero-order chi connectivity index (χ0) is 28.4. The molecule has 0 fully saturated rings. The summed E-state index contributed by atoms with van der Waals surface area (Å²) in [5.74, 6) is 3.55. The Labute approximate surface area is 239 Å². The number of aryl methyl sites for hydroxylation is 1. The predicted octanol–water partition coefficient (Wildman–Crippen LogP) is 7.39. The summed E-state index contributed by atoms with van der Waals surface area (Å²) in [7, 11) is 0. The van der Waals surface area contributed by atoms with E-state index in [-0.39, 0.29) is 5.75 Å². The molecule has 5 rings (SSSR count). The smallest absolute Gasteiger partial charge is 0.208 e. The molecule has 0 saturated heterocycles. The van der Waals surface area contributed by atoms with E-state index in [4.69, 9.17) is 14.2 Å². The average Bonchev–Trinajstić information content (AvgIpc) is 3.54. The maximum absolute atomic E-state index is 10.7. The summed E-state index contributed by atoms with van der Waals surface area (Å²) in [6, 6.07) is 27.1. The van der Waals surface area contributed by atoms with Gasteiger partial charge in [0.25, 0.3) is 0 Å². The highest BCUT2D eigenvalue weighted by atomic mass is 16.5. The second-order valence-corrected chi connectivity index (χ2v) is 9.56. The number of ether oxygens (including phenoxy) is 3. The summed E-state index contributed by atoms with van der Waals surface area (Å²) >= 11 is 0. The van der Waals surface area contributed by atoms with E-state index in [1.165, 1.54) is 0 Å². The van der Waals surface area contributed by atoms with Crippen LogP contribution in [0, 0.1) is 0 Å². The highest BCUT2D eigenvalue weighted by Gasteiger charge is 2.16. The Morgan fingerprint density at radius 1 is 0.756 bits per heavy atom. The van der Waals surface area contributed by atoms with Gasteiger partial charge in [-0.3, -0.25) is 0 Å². The third kappa shape index (κ3) is 6.66. The Morgan fingerprint density at radius 2 is 1.49 bits per heavy atom. The maximum atomic E-state index is 10.7. The molecule has 0 spiro atoms. The first-order chi connectivity index (χ1) is 20.2. The quantitative estimate of drug-likeness (QED) is 0.147. The van der Waals surface area contributed by atoms with E-state index in [9.17, 15) is 5.11 Å². The molecule has 0 unspecified atom stereocenters. The molecule has 4 aromatic carbocycles. The fourth-order valence-electron chi connectivity index (χ4n) is 4.70. The minimum Gasteiger partial charge on any atom is -0.507 e. The molecular formula is C33H34N4O4. The normalized spacial score (nSPS) is 10.9. The Kier molecular flexibility index (Phi) is 9.11. The minimum absolute atomic E-state index is 0.210. The van der Waals surface area contributed by atoms with Crippen molar-refractivity contribution in [3.63, 3.8) is 0 Å². The monoisotopic (exact) mass is 550 g/mol. The van der Waals surface area contributed by atoms with Gasteiger partial charge in [-0.2, -0.15) is 5.21 Å². The van der Waals surface area contributed by atoms with Gasteiger partial charge in [0.2, 0.25) is 5.82 Å². The molecule has 0 amide bonds. The lowest BCUT2D eigenvalue weighted by molar-refractivity contribution is 0.244. The summed E-state index contributed by atoms with van der Waals surface area (Å²) in [5, 5.41) is 25.0. The number of nitrogens with one attached hydrogen (secondary N) is 1. The van der Waals surface area contributed by atoms with Gasteiger partial charge in [-0.15, -0.1) is 10.2 Å². The average molecular weight is 551 g/mol. The van der Waals surface area contributed by atoms with Crippen molar-refractivity contribution < 1.29 is 19.3 Å². The van der Waals surface area contributed by atoms with Gasteiger partial charge in [0.05, 0.1) is 18.8 Å². The number of phenolic OH excluding ortho intramolecular Hbond substituents is 1. The molecule has 0 aliphatic carbocycles. The van der Waals surface area contributed by atoms with Crippen LogP contribution < -0.4 is 14.2 Å². The molecule has 0 radical (unpaired) electrons. The molecule has 0 aliphatic heterocycles. The van der Waals surface area contributed by atoms with Crippen LogP contribution in [0.3, 0.4) is 0 Å². The van der Waals surface area contributed by atoms with Gasteiger partial charge in [-0.1, -0.05) is 68.8 Å². The van der Waals surface area contributed by atoms with E-state index >= 15 is 0 Å². The Bertz CT molecular complexity index is 1560. The molecule has 41 heavy (non-hydrogen) atoms. The molecule has 1 heterocycles. The molecule has 5 aromatic rings. The molecule has 8 heteroatoms. The van der Waals surface area contributed by atoms with E-state index in [0.29, 0.717) is 37.0 Å². The number of para-hydroxylation sites is 1. The van der Waals surface area contributed by atoms with Crippen LogP contribution in [0.25, 0.3) is 22.5 Å². The zero-order valence-electron chi connectivity index (χ0n) is 23.3. The molecule has 210 valence electrons. The summed E-state index contributed by atoms with van der Waals surface area (Å²) in [6.45, 7) is 5.16. The van der Waals surface area contributed by atoms with Crippen LogP contribution in [0.1, 0.15) is 37.8 Å². The van der Waals surface area contributed by atoms with Gasteiger partial charge in [0.1, 0.15) is 28.7 Å². The molecular weight excluding hydrogens is 516 g/mol. The number of H-pyrrole nitrogens is 1. The van der Waals surface area contributed by atoms with Gasteiger partial charge in [0.15, 0.2) is 0 Å². The van der Waals surface area contributed by atoms with E-state index < -0.39 is 0 Å². The molecule has 0 saturated carbocycles. The number of hydrogen-bond acceptors (Lipinski definition) is 7. The summed E-state index contributed by atoms with van der Waals surface area (Å²) < 4.78 is 18.7. The SMILES string of the molecule is CCCc1c(OCCCOc2cc(O)c(-c3ccccc3)cc2CC)cccc1Oc1ccccc1-c1nn[nH]n1. The highest BCUT2D eigenvalue weighted by Crippen LogP contribution is 2.37. The van der Waals surface area contributed by atoms with Crippen molar-refractivity contribution in [1.82, 2.24) is 20.6 Å². The van der Waals surface area contributed by atoms with Crippen molar-refractivity contribution in [3.05, 3.63) is 96.1 Å². The third-order valence-electron chi connectivity index (χ3n) is 6.73. The first kappa shape index (κ1) is 27.7. The number of benzene rings is 4. The predicted molar refractivity (Wildman–Crippen MR) is 159 cm³/mol. The second kappa shape index (κ2) is 13.5. The highest BCUT2D eigenvalue weighted by molar-refractivity contribution is 5.72. The van der Waals surface area contributed by atoms with Crippen LogP contribution in [-0.4, -0.2) is 38.9 Å². The Hall–Kier alpha value is -4.85. The molecule has 0 bridgehead atoms. The van der Waals surface area contributed by atoms with Crippen molar-refractivity contribution in [3.8, 4) is 51.3 Å². The van der Waals surface area contributed by atoms with Gasteiger partial charge >= 0.3 is 0 Å². The molecule has 8 nitrogen and oxygen atoms in total. The van der Waals surface area contributed by atoms with Gasteiger partial charge in [-0.05, 0) is 59.5 Å². The molecule has 0 atom stereocenters. The van der Waals surface area contributed by atoms with E-state index in [1.54, 1.807) is 6.07 Å². The van der Waals surface area contributed by atoms with Crippen molar-refractivity contribution in [2.45, 2.75) is 39.5 Å². The third-order valence-corrected chi connectivity index (χ3v) is 6.73. The number of nitrogens with zero attached hydrogens (tertiary/aromatic N) is 3. The van der Waals surface area contributed by atoms with Crippen LogP contribution in [0.15, 0.2) is 84.9 Å². The first-order valence-electron chi connectivity index (χ1n) is 14.0. The molecule has 1 aromatic heterocycles. The maximum Gasteiger partial charge on any atom is 0.208 e. The van der Waals surface area contributed by atoms with Crippen molar-refractivity contribution >= 4 is 0 Å². The zero-order valence-corrected chi connectivity index (χ0v) is 23.3. The largest absolute Gasteiger partial charge is 0.507 e. The van der Waals surface area contributed by atoms with Crippen molar-refractivity contribution in [2.24, 2.45) is 0 Å². The van der Waals surface area contributed by atoms with Crippen LogP contribution in [0.4, 0.5) is 0 Å². The van der Waals surface area contributed by atoms with Crippen LogP contribution in [0.5, 0.6) is 28.7 Å². The lowest BCUT2D eigenvalue weighted by Gasteiger charge is -2.17. The topological polar surface area (TPSA) is 102 Å². The summed E-state index contributed by atoms with van der Waals surface area (Å²) in [5.41, 5.74) is 4.60. The fourth-order valence-corrected chi connectivity index (χ4v) is 4.70. The van der Waals surface area contributed by atoms with Crippen LogP contribution >= 0.6 is 0 Å². The number of hydrogen-bond donors (Lipinski definition) is 2. The van der Waals surface area contributed by atoms with Crippen LogP contribution in [0.2, 0.25) is 0 Å². The first-order valence-corrected chi connectivity index (χ1v) is 14.0. The number of rotatable bonds is 13. The number of aromatic amines is 1. The van der Waals surface area contributed by atoms with Gasteiger partial charge in [-0.25, -0.2) is 0 Å². The lowest BCUT2D eigenvalue weighted by atomic mass is 10.00. The van der Waals surface area contributed by atoms with E-state index in [0.717, 1.165) is 58.6 Å². The minimum atomic E-state index is 0.210. The van der Waals surface area contributed by atoms with E-state index in [1.807, 2.05) is 78.9 Å². The Morgan fingerprint density at radius 3 is 2.24 bits per heavy atom. The Balaban J connectivity index is 1.23. The van der Waals surface area contributed by atoms with E-state index in [2.05, 4.69) is 34.5 Å². The molecule has 2 N–H and O–H groups in total. The molecule has 0 aliphatic rings. The second-order valence-electron chi connectivity index (χ2n) is 9.56. The summed E-state index contributed by atoms with van der Waals surface area (Å²) in [6.07, 6.45) is 3.23. The van der Waals surface area contributed by atoms with Gasteiger partial charge < -0.3 is 19.3 Å². The van der Waals surface area contributed by atoms with Crippen LogP contribution in [-0.2, 0) is 12.8 Å².